The van der Waals surface area contributed by atoms with Gasteiger partial charge in [-0.1, -0.05) is 6.92 Å². The number of hydrogen-bond acceptors (Lipinski definition) is 4. The van der Waals surface area contributed by atoms with Crippen LogP contribution in [0, 0.1) is 5.82 Å². The van der Waals surface area contributed by atoms with Crippen LogP contribution in [0.4, 0.5) is 9.18 Å². The predicted octanol–water partition coefficient (Wildman–Crippen LogP) is 2.56. The van der Waals surface area contributed by atoms with Crippen LogP contribution in [0.2, 0.25) is 0 Å². The van der Waals surface area contributed by atoms with Crippen LogP contribution in [-0.2, 0) is 11.3 Å². The largest absolute Gasteiger partial charge is 0.487 e. The molecule has 1 aromatic carbocycles. The van der Waals surface area contributed by atoms with E-state index in [4.69, 9.17) is 10.5 Å². The summed E-state index contributed by atoms with van der Waals surface area (Å²) in [6.07, 6.45) is -1.24. The summed E-state index contributed by atoms with van der Waals surface area (Å²) in [5.74, 6) is 0.172. The third-order valence-electron chi connectivity index (χ3n) is 2.49. The third kappa shape index (κ3) is 4.97. The van der Waals surface area contributed by atoms with Gasteiger partial charge in [0.15, 0.2) is 0 Å². The molecule has 0 saturated heterocycles. The molecule has 0 bridgehead atoms. The lowest BCUT2D eigenvalue weighted by Crippen LogP contribution is -2.25. The number of carbonyl (C=O) groups is 1. The number of amides is 1. The maximum atomic E-state index is 13.6. The third-order valence-corrected chi connectivity index (χ3v) is 3.35. The molecule has 1 aromatic rings. The molecular formula is C13H18BrFN2O3. The van der Waals surface area contributed by atoms with Gasteiger partial charge in [-0.3, -0.25) is 0 Å². The minimum absolute atomic E-state index is 0.0327. The zero-order chi connectivity index (χ0) is 15.1. The molecule has 0 aromatic heterocycles. The van der Waals surface area contributed by atoms with Crippen LogP contribution in [0.15, 0.2) is 16.6 Å². The number of ether oxygens (including phenoxy) is 2. The standard InChI is InChI=1S/C13H18BrFN2O3/c1-3-17-6-9-11(5-4-10(15)12(9)14)20-8(2)7-19-13(16)18/h4-5,8,17H,3,6-7H2,1-2H3,(H2,16,18)/t8-/m0/s1. The number of nitrogens with one attached hydrogen (secondary N) is 1. The average Bonchev–Trinajstić information content (AvgIpc) is 2.40. The zero-order valence-electron chi connectivity index (χ0n) is 11.4. The minimum atomic E-state index is -0.853. The maximum Gasteiger partial charge on any atom is 0.404 e. The second-order valence-corrected chi connectivity index (χ2v) is 4.97. The van der Waals surface area contributed by atoms with Crippen molar-refractivity contribution >= 4 is 22.0 Å². The molecule has 7 heteroatoms. The first-order valence-corrected chi connectivity index (χ1v) is 7.01. The first kappa shape index (κ1) is 16.7. The van der Waals surface area contributed by atoms with E-state index in [9.17, 15) is 9.18 Å². The summed E-state index contributed by atoms with van der Waals surface area (Å²) in [5.41, 5.74) is 5.57. The summed E-state index contributed by atoms with van der Waals surface area (Å²) in [6, 6.07) is 2.87. The maximum absolute atomic E-state index is 13.6. The first-order chi connectivity index (χ1) is 9.45. The molecule has 1 atom stereocenters. The van der Waals surface area contributed by atoms with Crippen molar-refractivity contribution in [2.24, 2.45) is 5.73 Å². The zero-order valence-corrected chi connectivity index (χ0v) is 13.0. The highest BCUT2D eigenvalue weighted by Gasteiger charge is 2.15. The second-order valence-electron chi connectivity index (χ2n) is 4.18. The van der Waals surface area contributed by atoms with Crippen LogP contribution in [0.3, 0.4) is 0 Å². The van der Waals surface area contributed by atoms with Crippen LogP contribution in [0.5, 0.6) is 5.75 Å². The molecule has 5 nitrogen and oxygen atoms in total. The molecule has 0 fully saturated rings. The highest BCUT2D eigenvalue weighted by atomic mass is 79.9. The van der Waals surface area contributed by atoms with Crippen LogP contribution in [0.1, 0.15) is 19.4 Å². The van der Waals surface area contributed by atoms with Gasteiger partial charge in [0.2, 0.25) is 0 Å². The molecule has 3 N–H and O–H groups in total. The number of benzene rings is 1. The molecule has 0 saturated carbocycles. The molecule has 0 aliphatic heterocycles. The molecule has 112 valence electrons. The summed E-state index contributed by atoms with van der Waals surface area (Å²) in [6.45, 7) is 4.94. The van der Waals surface area contributed by atoms with Gasteiger partial charge < -0.3 is 20.5 Å². The van der Waals surface area contributed by atoms with Crippen LogP contribution < -0.4 is 15.8 Å². The highest BCUT2D eigenvalue weighted by molar-refractivity contribution is 9.10. The van der Waals surface area contributed by atoms with E-state index in [0.29, 0.717) is 22.3 Å². The molecule has 1 rings (SSSR count). The average molecular weight is 349 g/mol. The lowest BCUT2D eigenvalue weighted by molar-refractivity contribution is 0.0956. The summed E-state index contributed by atoms with van der Waals surface area (Å²) in [4.78, 5) is 10.5. The molecule has 0 heterocycles. The molecule has 1 amide bonds. The van der Waals surface area contributed by atoms with Gasteiger partial charge in [-0.25, -0.2) is 9.18 Å². The van der Waals surface area contributed by atoms with Gasteiger partial charge in [-0.15, -0.1) is 0 Å². The molecule has 0 spiro atoms. The summed E-state index contributed by atoms with van der Waals surface area (Å²) in [7, 11) is 0. The molecule has 0 aliphatic rings. The van der Waals surface area contributed by atoms with E-state index >= 15 is 0 Å². The molecular weight excluding hydrogens is 331 g/mol. The summed E-state index contributed by atoms with van der Waals surface area (Å²) in [5, 5.41) is 3.11. The number of nitrogens with two attached hydrogens (primary N) is 1. The van der Waals surface area contributed by atoms with E-state index in [1.165, 1.54) is 6.07 Å². The van der Waals surface area contributed by atoms with Gasteiger partial charge in [0, 0.05) is 12.1 Å². The van der Waals surface area contributed by atoms with E-state index in [1.807, 2.05) is 6.92 Å². The van der Waals surface area contributed by atoms with Gasteiger partial charge in [0.1, 0.15) is 24.3 Å². The Balaban J connectivity index is 2.82. The lowest BCUT2D eigenvalue weighted by atomic mass is 10.2. The van der Waals surface area contributed by atoms with Crippen molar-refractivity contribution in [3.05, 3.63) is 28.0 Å². The smallest absolute Gasteiger partial charge is 0.404 e. The van der Waals surface area contributed by atoms with Crippen molar-refractivity contribution in [2.75, 3.05) is 13.2 Å². The normalized spacial score (nSPS) is 12.0. The van der Waals surface area contributed by atoms with E-state index < -0.39 is 6.09 Å². The van der Waals surface area contributed by atoms with Crippen molar-refractivity contribution in [2.45, 2.75) is 26.5 Å². The Morgan fingerprint density at radius 3 is 2.85 bits per heavy atom. The van der Waals surface area contributed by atoms with Crippen molar-refractivity contribution in [3.8, 4) is 5.75 Å². The fourth-order valence-corrected chi connectivity index (χ4v) is 2.02. The van der Waals surface area contributed by atoms with Crippen molar-refractivity contribution in [1.82, 2.24) is 5.32 Å². The van der Waals surface area contributed by atoms with Crippen molar-refractivity contribution in [1.29, 1.82) is 0 Å². The number of carbonyl (C=O) groups excluding carboxylic acids is 1. The number of primary amides is 1. The Morgan fingerprint density at radius 2 is 2.25 bits per heavy atom. The fraction of sp³-hybridized carbons (Fsp3) is 0.462. The first-order valence-electron chi connectivity index (χ1n) is 6.22. The SMILES string of the molecule is CCNCc1c(O[C@@H](C)COC(N)=O)ccc(F)c1Br. The summed E-state index contributed by atoms with van der Waals surface area (Å²) < 4.78 is 24.2. The quantitative estimate of drug-likeness (QED) is 0.794. The van der Waals surface area contributed by atoms with Crippen LogP contribution >= 0.6 is 15.9 Å². The molecule has 20 heavy (non-hydrogen) atoms. The van der Waals surface area contributed by atoms with Crippen LogP contribution in [-0.4, -0.2) is 25.3 Å². The molecule has 0 unspecified atom stereocenters. The van der Waals surface area contributed by atoms with Crippen LogP contribution in [0.25, 0.3) is 0 Å². The van der Waals surface area contributed by atoms with Crippen molar-refractivity contribution < 1.29 is 18.7 Å². The van der Waals surface area contributed by atoms with Gasteiger partial charge in [-0.05, 0) is 41.5 Å². The Morgan fingerprint density at radius 1 is 1.55 bits per heavy atom. The second kappa shape index (κ2) is 8.06. The lowest BCUT2D eigenvalue weighted by Gasteiger charge is -2.18. The predicted molar refractivity (Wildman–Crippen MR) is 77.1 cm³/mol. The minimum Gasteiger partial charge on any atom is -0.487 e. The van der Waals surface area contributed by atoms with Gasteiger partial charge in [0.25, 0.3) is 0 Å². The highest BCUT2D eigenvalue weighted by Crippen LogP contribution is 2.30. The monoisotopic (exact) mass is 348 g/mol. The van der Waals surface area contributed by atoms with Gasteiger partial charge in [0.05, 0.1) is 4.47 Å². The topological polar surface area (TPSA) is 73.6 Å². The van der Waals surface area contributed by atoms with E-state index in [-0.39, 0.29) is 18.5 Å². The number of hydrogen-bond donors (Lipinski definition) is 2. The number of halogens is 2. The van der Waals surface area contributed by atoms with Crippen molar-refractivity contribution in [3.63, 3.8) is 0 Å². The Hall–Kier alpha value is -1.34. The van der Waals surface area contributed by atoms with E-state index in [1.54, 1.807) is 13.0 Å². The summed E-state index contributed by atoms with van der Waals surface area (Å²) >= 11 is 3.21. The van der Waals surface area contributed by atoms with E-state index in [0.717, 1.165) is 6.54 Å². The number of rotatable bonds is 7. The Labute approximate surface area is 125 Å². The Kier molecular flexibility index (Phi) is 6.74. The van der Waals surface area contributed by atoms with Gasteiger partial charge in [-0.2, -0.15) is 0 Å². The van der Waals surface area contributed by atoms with Gasteiger partial charge >= 0.3 is 6.09 Å². The Bertz CT molecular complexity index is 471. The molecule has 0 radical (unpaired) electrons. The van der Waals surface area contributed by atoms with E-state index in [2.05, 4.69) is 26.0 Å². The molecule has 0 aliphatic carbocycles. The fourth-order valence-electron chi connectivity index (χ4n) is 1.55.